The molecule has 1 heterocycles. The number of rotatable bonds is 32. The molecule has 1 fully saturated rings. The Morgan fingerprint density at radius 1 is 0.500 bits per heavy atom. The Kier molecular flexibility index (Phi) is 32.2. The van der Waals surface area contributed by atoms with E-state index < -0.39 is 23.5 Å². The Bertz CT molecular complexity index is 1240. The minimum absolute atomic E-state index is 0.0441. The molecule has 0 aliphatic carbocycles. The summed E-state index contributed by atoms with van der Waals surface area (Å²) in [5.74, 6) is -3.27. The maximum Gasteiger partial charge on any atom is 0.299 e. The van der Waals surface area contributed by atoms with Crippen molar-refractivity contribution in [2.75, 3.05) is 13.2 Å². The van der Waals surface area contributed by atoms with Crippen LogP contribution in [0.25, 0.3) is 0 Å². The molecule has 1 N–H and O–H groups in total. The second kappa shape index (κ2) is 36.1. The molecule has 296 valence electrons. The molecule has 54 heavy (non-hydrogen) atoms. The number of unbranched alkanes of at least 4 members (excludes halogenated alkanes) is 14. The highest BCUT2D eigenvalue weighted by molar-refractivity contribution is 6.17. The molecule has 0 amide bonds. The number of hydrogen-bond donors (Lipinski definition) is 1. The lowest BCUT2D eigenvalue weighted by molar-refractivity contribution is -0.185. The quantitative estimate of drug-likeness (QED) is 0.0322. The molecule has 5 heteroatoms. The summed E-state index contributed by atoms with van der Waals surface area (Å²) >= 11 is 0. The summed E-state index contributed by atoms with van der Waals surface area (Å²) < 4.78 is 11.5. The van der Waals surface area contributed by atoms with Gasteiger partial charge in [-0.3, -0.25) is 9.59 Å². The Morgan fingerprint density at radius 2 is 0.833 bits per heavy atom. The van der Waals surface area contributed by atoms with Crippen LogP contribution in [0.1, 0.15) is 123 Å². The standard InChI is InChI=1S/C49H70O5/c1-3-5-7-9-11-13-15-17-19-21-23-25-27-29-31-33-35-37-39-41-47(51)49(53-45-46(54-49)43-44-50)48(52)42-40-38-36-34-32-30-28-26-24-22-20-18-16-14-12-10-8-6-4-2/h19-42,46,50H,3-18,43-45H2,1-2H3. The van der Waals surface area contributed by atoms with E-state index in [4.69, 9.17) is 9.47 Å². The molecule has 1 atom stereocenters. The van der Waals surface area contributed by atoms with Crippen LogP contribution in [0.15, 0.2) is 146 Å². The van der Waals surface area contributed by atoms with Gasteiger partial charge in [0.15, 0.2) is 0 Å². The van der Waals surface area contributed by atoms with Crippen molar-refractivity contribution in [2.45, 2.75) is 135 Å². The smallest absolute Gasteiger partial charge is 0.299 e. The van der Waals surface area contributed by atoms with Crippen molar-refractivity contribution >= 4 is 11.6 Å². The molecule has 0 radical (unpaired) electrons. The van der Waals surface area contributed by atoms with E-state index >= 15 is 0 Å². The van der Waals surface area contributed by atoms with Crippen LogP contribution in [0.5, 0.6) is 0 Å². The molecule has 0 spiro atoms. The van der Waals surface area contributed by atoms with Gasteiger partial charge < -0.3 is 14.6 Å². The van der Waals surface area contributed by atoms with Gasteiger partial charge in [0, 0.05) is 6.61 Å². The van der Waals surface area contributed by atoms with Gasteiger partial charge in [-0.25, -0.2) is 0 Å². The molecule has 5 nitrogen and oxygen atoms in total. The van der Waals surface area contributed by atoms with Crippen LogP contribution < -0.4 is 0 Å². The highest BCUT2D eigenvalue weighted by Crippen LogP contribution is 2.29. The third-order valence-corrected chi connectivity index (χ3v) is 8.62. The second-order valence-electron chi connectivity index (χ2n) is 13.4. The zero-order chi connectivity index (χ0) is 39.1. The fraction of sp³-hybridized carbons (Fsp3) is 0.469. The van der Waals surface area contributed by atoms with Crippen LogP contribution in [0.4, 0.5) is 0 Å². The average molecular weight is 739 g/mol. The summed E-state index contributed by atoms with van der Waals surface area (Å²) in [6.45, 7) is 4.41. The lowest BCUT2D eigenvalue weighted by Gasteiger charge is -2.22. The van der Waals surface area contributed by atoms with Crippen molar-refractivity contribution < 1.29 is 24.2 Å². The third-order valence-electron chi connectivity index (χ3n) is 8.62. The van der Waals surface area contributed by atoms with Crippen molar-refractivity contribution in [2.24, 2.45) is 0 Å². The van der Waals surface area contributed by atoms with Crippen LogP contribution in [-0.2, 0) is 19.1 Å². The van der Waals surface area contributed by atoms with Gasteiger partial charge in [0.1, 0.15) is 0 Å². The monoisotopic (exact) mass is 739 g/mol. The molecule has 0 aromatic heterocycles. The van der Waals surface area contributed by atoms with Crippen molar-refractivity contribution in [3.63, 3.8) is 0 Å². The Morgan fingerprint density at radius 3 is 1.20 bits per heavy atom. The van der Waals surface area contributed by atoms with Crippen LogP contribution in [0.3, 0.4) is 0 Å². The van der Waals surface area contributed by atoms with Crippen molar-refractivity contribution in [1.82, 2.24) is 0 Å². The molecule has 1 saturated heterocycles. The van der Waals surface area contributed by atoms with Crippen molar-refractivity contribution in [1.29, 1.82) is 0 Å². The van der Waals surface area contributed by atoms with Crippen molar-refractivity contribution in [3.8, 4) is 0 Å². The summed E-state index contributed by atoms with van der Waals surface area (Å²) in [6.07, 6.45) is 65.2. The third kappa shape index (κ3) is 26.0. The van der Waals surface area contributed by atoms with Gasteiger partial charge in [-0.2, -0.15) is 0 Å². The first kappa shape index (κ1) is 48.1. The minimum atomic E-state index is -2.06. The van der Waals surface area contributed by atoms with E-state index in [0.29, 0.717) is 0 Å². The summed E-state index contributed by atoms with van der Waals surface area (Å²) in [5, 5.41) is 9.34. The number of aliphatic hydroxyl groups is 1. The van der Waals surface area contributed by atoms with Gasteiger partial charge in [-0.15, -0.1) is 0 Å². The number of carbonyl (C=O) groups excluding carboxylic acids is 2. The number of allylic oxidation sites excluding steroid dienone is 22. The average Bonchev–Trinajstić information content (AvgIpc) is 3.62. The molecule has 0 aromatic carbocycles. The largest absolute Gasteiger partial charge is 0.396 e. The van der Waals surface area contributed by atoms with E-state index in [1.807, 2.05) is 72.9 Å². The molecule has 0 aromatic rings. The molecule has 1 rings (SSSR count). The van der Waals surface area contributed by atoms with Crippen LogP contribution in [-0.4, -0.2) is 41.8 Å². The summed E-state index contributed by atoms with van der Waals surface area (Å²) in [6, 6.07) is 0. The summed E-state index contributed by atoms with van der Waals surface area (Å²) in [5.41, 5.74) is 0. The van der Waals surface area contributed by atoms with Gasteiger partial charge in [0.05, 0.1) is 12.7 Å². The van der Waals surface area contributed by atoms with E-state index in [1.165, 1.54) is 102 Å². The van der Waals surface area contributed by atoms with E-state index in [-0.39, 0.29) is 19.6 Å². The highest BCUT2D eigenvalue weighted by atomic mass is 16.8. The maximum atomic E-state index is 13.2. The Hall–Kier alpha value is -3.90. The fourth-order valence-corrected chi connectivity index (χ4v) is 5.50. The van der Waals surface area contributed by atoms with E-state index in [0.717, 1.165) is 12.8 Å². The number of aliphatic hydroxyl groups excluding tert-OH is 1. The predicted octanol–water partition coefficient (Wildman–Crippen LogP) is 12.6. The van der Waals surface area contributed by atoms with Crippen LogP contribution in [0, 0.1) is 0 Å². The molecule has 1 aliphatic rings. The maximum absolute atomic E-state index is 13.2. The first-order valence-electron chi connectivity index (χ1n) is 20.6. The van der Waals surface area contributed by atoms with E-state index in [1.54, 1.807) is 36.5 Å². The summed E-state index contributed by atoms with van der Waals surface area (Å²) in [7, 11) is 0. The molecular weight excluding hydrogens is 669 g/mol. The van der Waals surface area contributed by atoms with E-state index in [2.05, 4.69) is 38.2 Å². The van der Waals surface area contributed by atoms with Gasteiger partial charge in [0.2, 0.25) is 11.6 Å². The second-order valence-corrected chi connectivity index (χ2v) is 13.4. The van der Waals surface area contributed by atoms with Gasteiger partial charge in [0.25, 0.3) is 5.79 Å². The topological polar surface area (TPSA) is 72.8 Å². The Labute approximate surface area is 328 Å². The number of carbonyl (C=O) groups is 2. The molecule has 1 unspecified atom stereocenters. The van der Waals surface area contributed by atoms with Gasteiger partial charge in [-0.1, -0.05) is 225 Å². The number of hydrogen-bond acceptors (Lipinski definition) is 5. The first-order valence-corrected chi connectivity index (χ1v) is 20.6. The first-order chi connectivity index (χ1) is 26.6. The zero-order valence-electron chi connectivity index (χ0n) is 33.4. The lowest BCUT2D eigenvalue weighted by atomic mass is 10.0. The number of ketones is 2. The SMILES string of the molecule is CCCCCCCCCC=CC=CC=CC=CC=CC=CC(=O)C1(C(=O)C=CC=CC=CC=CC=CC=CCCCCCCCCC)OCC(CCO)O1. The molecule has 0 saturated carbocycles. The molecular formula is C49H70O5. The van der Waals surface area contributed by atoms with Gasteiger partial charge in [-0.05, 0) is 44.3 Å². The Balaban J connectivity index is 2.48. The van der Waals surface area contributed by atoms with Gasteiger partial charge >= 0.3 is 0 Å². The van der Waals surface area contributed by atoms with Crippen molar-refractivity contribution in [3.05, 3.63) is 146 Å². The molecule has 0 bridgehead atoms. The fourth-order valence-electron chi connectivity index (χ4n) is 5.50. The number of ether oxygens (including phenoxy) is 2. The predicted molar refractivity (Wildman–Crippen MR) is 230 cm³/mol. The lowest BCUT2D eigenvalue weighted by Crippen LogP contribution is -2.46. The minimum Gasteiger partial charge on any atom is -0.396 e. The highest BCUT2D eigenvalue weighted by Gasteiger charge is 2.52. The summed E-state index contributed by atoms with van der Waals surface area (Å²) in [4.78, 5) is 26.3. The van der Waals surface area contributed by atoms with Crippen LogP contribution >= 0.6 is 0 Å². The molecule has 1 aliphatic heterocycles. The van der Waals surface area contributed by atoms with Crippen LogP contribution in [0.2, 0.25) is 0 Å². The van der Waals surface area contributed by atoms with E-state index in [9.17, 15) is 14.7 Å². The zero-order valence-corrected chi connectivity index (χ0v) is 33.4. The normalized spacial score (nSPS) is 18.9.